The first-order valence-electron chi connectivity index (χ1n) is 11.3. The number of thioether (sulfide) groups is 1. The lowest BCUT2D eigenvalue weighted by atomic mass is 10.0. The average Bonchev–Trinajstić information content (AvgIpc) is 2.82. The third-order valence-electron chi connectivity index (χ3n) is 5.21. The summed E-state index contributed by atoms with van der Waals surface area (Å²) in [6.45, 7) is 1.20. The van der Waals surface area contributed by atoms with Gasteiger partial charge in [-0.15, -0.1) is 0 Å². The Morgan fingerprint density at radius 3 is 2.03 bits per heavy atom. The van der Waals surface area contributed by atoms with Crippen LogP contribution in [0.5, 0.6) is 0 Å². The zero-order chi connectivity index (χ0) is 27.3. The maximum Gasteiger partial charge on any atom is 0.328 e. The number of nitrogens with two attached hydrogens (primary N) is 1. The van der Waals surface area contributed by atoms with E-state index >= 15 is 0 Å². The Morgan fingerprint density at radius 2 is 1.50 bits per heavy atom. The number of carboxylic acid groups (broad SMARTS) is 2. The SMILES string of the molecule is CSCCC(N)C(=O)NC(CCC(=O)O)C(=O)NC(Cc1ccccc1)C(=O)NC(C(=O)O)C(C)O. The number of rotatable bonds is 16. The highest BCUT2D eigenvalue weighted by Gasteiger charge is 2.32. The highest BCUT2D eigenvalue weighted by molar-refractivity contribution is 7.98. The molecule has 0 spiro atoms. The summed E-state index contributed by atoms with van der Waals surface area (Å²) < 4.78 is 0. The maximum atomic E-state index is 13.1. The van der Waals surface area contributed by atoms with E-state index in [0.717, 1.165) is 0 Å². The summed E-state index contributed by atoms with van der Waals surface area (Å²) in [4.78, 5) is 61.0. The Hall–Kier alpha value is -3.16. The molecule has 8 N–H and O–H groups in total. The molecule has 1 aromatic carbocycles. The van der Waals surface area contributed by atoms with Crippen molar-refractivity contribution in [2.24, 2.45) is 5.73 Å². The molecule has 0 aliphatic carbocycles. The van der Waals surface area contributed by atoms with Crippen molar-refractivity contribution >= 4 is 41.4 Å². The molecule has 0 heterocycles. The van der Waals surface area contributed by atoms with E-state index in [1.54, 1.807) is 30.3 Å². The Balaban J connectivity index is 3.11. The normalized spacial score (nSPS) is 15.0. The molecule has 36 heavy (non-hydrogen) atoms. The number of hydrogen-bond donors (Lipinski definition) is 7. The first-order valence-corrected chi connectivity index (χ1v) is 12.7. The van der Waals surface area contributed by atoms with E-state index in [4.69, 9.17) is 10.8 Å². The second-order valence-electron chi connectivity index (χ2n) is 8.20. The molecule has 0 aliphatic heterocycles. The highest BCUT2D eigenvalue weighted by atomic mass is 32.2. The van der Waals surface area contributed by atoms with Gasteiger partial charge >= 0.3 is 11.9 Å². The zero-order valence-corrected chi connectivity index (χ0v) is 21.0. The molecule has 200 valence electrons. The minimum absolute atomic E-state index is 0.0304. The van der Waals surface area contributed by atoms with Gasteiger partial charge in [-0.1, -0.05) is 30.3 Å². The minimum Gasteiger partial charge on any atom is -0.481 e. The summed E-state index contributed by atoms with van der Waals surface area (Å²) >= 11 is 1.49. The number of nitrogens with one attached hydrogen (secondary N) is 3. The second-order valence-corrected chi connectivity index (χ2v) is 9.18. The number of amides is 3. The molecule has 0 saturated carbocycles. The van der Waals surface area contributed by atoms with Gasteiger partial charge in [-0.3, -0.25) is 19.2 Å². The molecule has 0 aliphatic rings. The summed E-state index contributed by atoms with van der Waals surface area (Å²) in [5.41, 5.74) is 6.50. The van der Waals surface area contributed by atoms with E-state index in [1.807, 2.05) is 6.26 Å². The summed E-state index contributed by atoms with van der Waals surface area (Å²) in [6.07, 6.45) is 0.0552. The van der Waals surface area contributed by atoms with Crippen molar-refractivity contribution in [3.05, 3.63) is 35.9 Å². The van der Waals surface area contributed by atoms with Crippen LogP contribution in [-0.2, 0) is 30.4 Å². The van der Waals surface area contributed by atoms with E-state index < -0.39 is 66.4 Å². The molecular formula is C23H34N4O8S. The van der Waals surface area contributed by atoms with Gasteiger partial charge < -0.3 is 37.0 Å². The van der Waals surface area contributed by atoms with Crippen LogP contribution >= 0.6 is 11.8 Å². The highest BCUT2D eigenvalue weighted by Crippen LogP contribution is 2.07. The number of aliphatic hydroxyl groups excluding tert-OH is 1. The van der Waals surface area contributed by atoms with E-state index in [0.29, 0.717) is 17.7 Å². The van der Waals surface area contributed by atoms with Crippen LogP contribution in [0.4, 0.5) is 0 Å². The van der Waals surface area contributed by atoms with Crippen molar-refractivity contribution in [2.45, 2.75) is 62.9 Å². The molecule has 0 aromatic heterocycles. The summed E-state index contributed by atoms with van der Waals surface area (Å²) in [5.74, 6) is -4.39. The van der Waals surface area contributed by atoms with Gasteiger partial charge in [0.1, 0.15) is 12.1 Å². The van der Waals surface area contributed by atoms with Gasteiger partial charge in [-0.05, 0) is 37.3 Å². The Labute approximate surface area is 213 Å². The first kappa shape index (κ1) is 30.9. The molecule has 0 fully saturated rings. The third kappa shape index (κ3) is 11.1. The van der Waals surface area contributed by atoms with Crippen LogP contribution in [0.2, 0.25) is 0 Å². The topological polar surface area (TPSA) is 208 Å². The molecule has 1 rings (SSSR count). The van der Waals surface area contributed by atoms with Crippen LogP contribution < -0.4 is 21.7 Å². The number of aliphatic hydroxyl groups is 1. The van der Waals surface area contributed by atoms with Crippen molar-refractivity contribution < 1.29 is 39.3 Å². The smallest absolute Gasteiger partial charge is 0.328 e. The van der Waals surface area contributed by atoms with E-state index in [9.17, 15) is 34.2 Å². The van der Waals surface area contributed by atoms with Crippen LogP contribution in [0.25, 0.3) is 0 Å². The standard InChI is InChI=1S/C23H34N4O8S/c1-13(28)19(23(34)35)27-22(33)17(12-14-6-4-3-5-7-14)26-21(32)16(8-9-18(29)30)25-20(31)15(24)10-11-36-2/h3-7,13,15-17,19,28H,8-12,24H2,1-2H3,(H,25,31)(H,26,32)(H,27,33)(H,29,30)(H,34,35). The summed E-state index contributed by atoms with van der Waals surface area (Å²) in [6, 6.07) is 3.47. The van der Waals surface area contributed by atoms with E-state index in [-0.39, 0.29) is 12.8 Å². The fraction of sp³-hybridized carbons (Fsp3) is 0.522. The van der Waals surface area contributed by atoms with Gasteiger partial charge in [0.2, 0.25) is 17.7 Å². The average molecular weight is 527 g/mol. The molecule has 0 bridgehead atoms. The van der Waals surface area contributed by atoms with Crippen LogP contribution in [0.3, 0.4) is 0 Å². The van der Waals surface area contributed by atoms with Gasteiger partial charge in [-0.2, -0.15) is 11.8 Å². The number of hydrogen-bond acceptors (Lipinski definition) is 8. The molecule has 0 radical (unpaired) electrons. The number of benzene rings is 1. The predicted octanol–water partition coefficient (Wildman–Crippen LogP) is -0.906. The van der Waals surface area contributed by atoms with Crippen LogP contribution in [0.15, 0.2) is 30.3 Å². The predicted molar refractivity (Wildman–Crippen MR) is 133 cm³/mol. The Morgan fingerprint density at radius 1 is 0.917 bits per heavy atom. The molecule has 0 saturated heterocycles. The van der Waals surface area contributed by atoms with Gasteiger partial charge in [0.25, 0.3) is 0 Å². The first-order chi connectivity index (χ1) is 17.0. The monoisotopic (exact) mass is 526 g/mol. The molecule has 12 nitrogen and oxygen atoms in total. The Bertz CT molecular complexity index is 899. The van der Waals surface area contributed by atoms with Gasteiger partial charge in [0.15, 0.2) is 6.04 Å². The van der Waals surface area contributed by atoms with Crippen molar-refractivity contribution in [1.82, 2.24) is 16.0 Å². The summed E-state index contributed by atoms with van der Waals surface area (Å²) in [5, 5.41) is 35.2. The molecular weight excluding hydrogens is 492 g/mol. The van der Waals surface area contributed by atoms with Crippen molar-refractivity contribution in [1.29, 1.82) is 0 Å². The number of carbonyl (C=O) groups is 5. The minimum atomic E-state index is -1.62. The number of carboxylic acids is 2. The van der Waals surface area contributed by atoms with Gasteiger partial charge in [0.05, 0.1) is 12.1 Å². The molecule has 3 amide bonds. The van der Waals surface area contributed by atoms with E-state index in [2.05, 4.69) is 16.0 Å². The van der Waals surface area contributed by atoms with Crippen LogP contribution in [0, 0.1) is 0 Å². The molecule has 1 aromatic rings. The lowest BCUT2D eigenvalue weighted by Gasteiger charge is -2.25. The van der Waals surface area contributed by atoms with E-state index in [1.165, 1.54) is 18.7 Å². The van der Waals surface area contributed by atoms with Gasteiger partial charge in [-0.25, -0.2) is 4.79 Å². The third-order valence-corrected chi connectivity index (χ3v) is 5.86. The Kier molecular flexibility index (Phi) is 13.5. The lowest BCUT2D eigenvalue weighted by Crippen LogP contribution is -2.58. The van der Waals surface area contributed by atoms with Crippen LogP contribution in [0.1, 0.15) is 31.7 Å². The quantitative estimate of drug-likeness (QED) is 0.141. The summed E-state index contributed by atoms with van der Waals surface area (Å²) in [7, 11) is 0. The fourth-order valence-electron chi connectivity index (χ4n) is 3.17. The van der Waals surface area contributed by atoms with Crippen LogP contribution in [-0.4, -0.2) is 87.3 Å². The fourth-order valence-corrected chi connectivity index (χ4v) is 3.65. The van der Waals surface area contributed by atoms with Crippen molar-refractivity contribution in [3.63, 3.8) is 0 Å². The second kappa shape index (κ2) is 15.8. The maximum absolute atomic E-state index is 13.1. The zero-order valence-electron chi connectivity index (χ0n) is 20.2. The number of aliphatic carboxylic acids is 2. The van der Waals surface area contributed by atoms with Crippen molar-refractivity contribution in [3.8, 4) is 0 Å². The van der Waals surface area contributed by atoms with Gasteiger partial charge in [0, 0.05) is 12.8 Å². The van der Waals surface area contributed by atoms with Crippen molar-refractivity contribution in [2.75, 3.05) is 12.0 Å². The molecule has 13 heteroatoms. The molecule has 5 unspecified atom stereocenters. The largest absolute Gasteiger partial charge is 0.481 e. The number of carbonyl (C=O) groups excluding carboxylic acids is 3. The lowest BCUT2D eigenvalue weighted by molar-refractivity contribution is -0.145. The molecule has 5 atom stereocenters.